The van der Waals surface area contributed by atoms with Crippen LogP contribution in [0.3, 0.4) is 0 Å². The fourth-order valence-electron chi connectivity index (χ4n) is 1.64. The van der Waals surface area contributed by atoms with E-state index in [4.69, 9.17) is 5.73 Å². The van der Waals surface area contributed by atoms with Crippen molar-refractivity contribution in [3.8, 4) is 0 Å². The van der Waals surface area contributed by atoms with Crippen LogP contribution in [0, 0.1) is 5.82 Å². The molecule has 0 saturated carbocycles. The highest BCUT2D eigenvalue weighted by Crippen LogP contribution is 2.11. The number of carbonyl (C=O) groups excluding carboxylic acids is 1. The molecule has 100 valence electrons. The second-order valence-electron chi connectivity index (χ2n) is 4.11. The van der Waals surface area contributed by atoms with Crippen molar-refractivity contribution in [2.75, 3.05) is 12.0 Å². The Bertz CT molecular complexity index is 412. The summed E-state index contributed by atoms with van der Waals surface area (Å²) in [5, 5.41) is 3.28. The van der Waals surface area contributed by atoms with Gasteiger partial charge in [0.1, 0.15) is 5.82 Å². The largest absolute Gasteiger partial charge is 0.366 e. The van der Waals surface area contributed by atoms with Crippen molar-refractivity contribution in [3.05, 3.63) is 35.1 Å². The van der Waals surface area contributed by atoms with E-state index in [1.54, 1.807) is 11.8 Å². The van der Waals surface area contributed by atoms with Crippen LogP contribution in [0.1, 0.15) is 29.3 Å². The van der Waals surface area contributed by atoms with Gasteiger partial charge in [0.15, 0.2) is 0 Å². The highest BCUT2D eigenvalue weighted by molar-refractivity contribution is 7.98. The number of thioether (sulfide) groups is 1. The molecule has 0 saturated heterocycles. The average Bonchev–Trinajstić information content (AvgIpc) is 2.35. The van der Waals surface area contributed by atoms with Crippen molar-refractivity contribution >= 4 is 17.7 Å². The summed E-state index contributed by atoms with van der Waals surface area (Å²) in [6.45, 7) is 2.50. The SMILES string of the molecule is CCC(CSC)NCc1cc(C(N)=O)ccc1F. The molecule has 0 spiro atoms. The Morgan fingerprint density at radius 3 is 2.83 bits per heavy atom. The summed E-state index contributed by atoms with van der Waals surface area (Å²) < 4.78 is 13.6. The van der Waals surface area contributed by atoms with E-state index >= 15 is 0 Å². The van der Waals surface area contributed by atoms with Crippen molar-refractivity contribution in [1.29, 1.82) is 0 Å². The average molecular weight is 270 g/mol. The second-order valence-corrected chi connectivity index (χ2v) is 5.02. The molecule has 3 nitrogen and oxygen atoms in total. The third-order valence-electron chi connectivity index (χ3n) is 2.77. The summed E-state index contributed by atoms with van der Waals surface area (Å²) in [5.74, 6) is 0.132. The van der Waals surface area contributed by atoms with Gasteiger partial charge in [-0.05, 0) is 30.9 Å². The number of primary amides is 1. The Kier molecular flexibility index (Phi) is 6.15. The number of rotatable bonds is 7. The zero-order valence-corrected chi connectivity index (χ0v) is 11.5. The first-order valence-electron chi connectivity index (χ1n) is 5.89. The summed E-state index contributed by atoms with van der Waals surface area (Å²) in [6.07, 6.45) is 3.02. The third-order valence-corrected chi connectivity index (χ3v) is 3.51. The first-order chi connectivity index (χ1) is 8.58. The molecule has 0 aliphatic heterocycles. The Morgan fingerprint density at radius 1 is 1.56 bits per heavy atom. The van der Waals surface area contributed by atoms with Crippen LogP contribution >= 0.6 is 11.8 Å². The van der Waals surface area contributed by atoms with Crippen molar-refractivity contribution in [2.45, 2.75) is 25.9 Å². The van der Waals surface area contributed by atoms with Gasteiger partial charge in [-0.3, -0.25) is 4.79 Å². The third kappa shape index (κ3) is 4.31. The van der Waals surface area contributed by atoms with E-state index in [2.05, 4.69) is 12.2 Å². The lowest BCUT2D eigenvalue weighted by molar-refractivity contribution is 0.1000. The molecule has 1 atom stereocenters. The maximum atomic E-state index is 13.6. The smallest absolute Gasteiger partial charge is 0.248 e. The number of nitrogens with one attached hydrogen (secondary N) is 1. The van der Waals surface area contributed by atoms with Gasteiger partial charge in [0.05, 0.1) is 0 Å². The van der Waals surface area contributed by atoms with Crippen molar-refractivity contribution in [1.82, 2.24) is 5.32 Å². The number of hydrogen-bond acceptors (Lipinski definition) is 3. The van der Waals surface area contributed by atoms with Crippen LogP contribution in [0.5, 0.6) is 0 Å². The van der Waals surface area contributed by atoms with Gasteiger partial charge in [0.25, 0.3) is 0 Å². The Hall–Kier alpha value is -1.07. The number of amides is 1. The summed E-state index contributed by atoms with van der Waals surface area (Å²) in [6, 6.07) is 4.54. The molecular formula is C13H19FN2OS. The van der Waals surface area contributed by atoms with Crippen LogP contribution in [0.15, 0.2) is 18.2 Å². The van der Waals surface area contributed by atoms with Gasteiger partial charge in [0.2, 0.25) is 5.91 Å². The summed E-state index contributed by atoms with van der Waals surface area (Å²) in [5.41, 5.74) is 5.99. The highest BCUT2D eigenvalue weighted by atomic mass is 32.2. The zero-order valence-electron chi connectivity index (χ0n) is 10.7. The molecule has 1 aromatic rings. The molecule has 0 fully saturated rings. The van der Waals surface area contributed by atoms with E-state index in [1.165, 1.54) is 18.2 Å². The van der Waals surface area contributed by atoms with E-state index < -0.39 is 5.91 Å². The van der Waals surface area contributed by atoms with Crippen molar-refractivity contribution < 1.29 is 9.18 Å². The molecule has 1 amide bonds. The lowest BCUT2D eigenvalue weighted by Crippen LogP contribution is -2.30. The maximum absolute atomic E-state index is 13.6. The Morgan fingerprint density at radius 2 is 2.28 bits per heavy atom. The van der Waals surface area contributed by atoms with Gasteiger partial charge in [-0.2, -0.15) is 11.8 Å². The fraction of sp³-hybridized carbons (Fsp3) is 0.462. The number of nitrogens with two attached hydrogens (primary N) is 1. The highest BCUT2D eigenvalue weighted by Gasteiger charge is 2.09. The molecule has 5 heteroatoms. The van der Waals surface area contributed by atoms with Crippen LogP contribution in [-0.4, -0.2) is 24.0 Å². The fourth-order valence-corrected chi connectivity index (χ4v) is 2.40. The standard InChI is InChI=1S/C13H19FN2OS/c1-3-11(8-18-2)16-7-10-6-9(13(15)17)4-5-12(10)14/h4-6,11,16H,3,7-8H2,1-2H3,(H2,15,17). The van der Waals surface area contributed by atoms with Crippen LogP contribution in [0.2, 0.25) is 0 Å². The monoisotopic (exact) mass is 270 g/mol. The minimum Gasteiger partial charge on any atom is -0.366 e. The molecule has 18 heavy (non-hydrogen) atoms. The molecule has 3 N–H and O–H groups in total. The second kappa shape index (κ2) is 7.38. The van der Waals surface area contributed by atoms with Crippen LogP contribution < -0.4 is 11.1 Å². The van der Waals surface area contributed by atoms with E-state index in [0.29, 0.717) is 23.7 Å². The molecule has 0 bridgehead atoms. The predicted octanol–water partition coefficient (Wildman–Crippen LogP) is 2.16. The van der Waals surface area contributed by atoms with Gasteiger partial charge in [0, 0.05) is 29.5 Å². The van der Waals surface area contributed by atoms with Gasteiger partial charge in [-0.25, -0.2) is 4.39 Å². The van der Waals surface area contributed by atoms with Crippen LogP contribution in [-0.2, 0) is 6.54 Å². The van der Waals surface area contributed by atoms with Crippen molar-refractivity contribution in [3.63, 3.8) is 0 Å². The van der Waals surface area contributed by atoms with Gasteiger partial charge < -0.3 is 11.1 Å². The van der Waals surface area contributed by atoms with E-state index in [0.717, 1.165) is 12.2 Å². The molecule has 1 rings (SSSR count). The summed E-state index contributed by atoms with van der Waals surface area (Å²) in [4.78, 5) is 11.0. The Labute approximate surface area is 111 Å². The molecule has 0 aliphatic rings. The molecule has 1 unspecified atom stereocenters. The van der Waals surface area contributed by atoms with Gasteiger partial charge in [-0.15, -0.1) is 0 Å². The van der Waals surface area contributed by atoms with Gasteiger partial charge in [-0.1, -0.05) is 6.92 Å². The molecule has 0 radical (unpaired) electrons. The van der Waals surface area contributed by atoms with Gasteiger partial charge >= 0.3 is 0 Å². The molecular weight excluding hydrogens is 251 g/mol. The predicted molar refractivity (Wildman–Crippen MR) is 74.2 cm³/mol. The number of halogens is 1. The minimum atomic E-state index is -0.535. The zero-order chi connectivity index (χ0) is 13.5. The molecule has 0 aliphatic carbocycles. The molecule has 1 aromatic carbocycles. The lowest BCUT2D eigenvalue weighted by atomic mass is 10.1. The first kappa shape index (κ1) is 15.0. The number of carbonyl (C=O) groups is 1. The summed E-state index contributed by atoms with van der Waals surface area (Å²) >= 11 is 1.75. The lowest BCUT2D eigenvalue weighted by Gasteiger charge is -2.16. The quantitative estimate of drug-likeness (QED) is 0.798. The first-order valence-corrected chi connectivity index (χ1v) is 7.28. The van der Waals surface area contributed by atoms with E-state index in [9.17, 15) is 9.18 Å². The van der Waals surface area contributed by atoms with Crippen LogP contribution in [0.25, 0.3) is 0 Å². The molecule has 0 heterocycles. The van der Waals surface area contributed by atoms with E-state index in [-0.39, 0.29) is 5.82 Å². The van der Waals surface area contributed by atoms with E-state index in [1.807, 2.05) is 6.26 Å². The molecule has 0 aromatic heterocycles. The van der Waals surface area contributed by atoms with Crippen LogP contribution in [0.4, 0.5) is 4.39 Å². The maximum Gasteiger partial charge on any atom is 0.248 e. The minimum absolute atomic E-state index is 0.313. The summed E-state index contributed by atoms with van der Waals surface area (Å²) in [7, 11) is 0. The Balaban J connectivity index is 2.71. The number of benzene rings is 1. The normalized spacial score (nSPS) is 12.4. The number of hydrogen-bond donors (Lipinski definition) is 2. The van der Waals surface area contributed by atoms with Crippen molar-refractivity contribution in [2.24, 2.45) is 5.73 Å². The topological polar surface area (TPSA) is 55.1 Å².